The second kappa shape index (κ2) is 7.66. The van der Waals surface area contributed by atoms with E-state index >= 15 is 0 Å². The topological polar surface area (TPSA) is 82.2 Å². The summed E-state index contributed by atoms with van der Waals surface area (Å²) in [6.07, 6.45) is 6.12. The molecule has 1 heterocycles. The second-order valence-corrected chi connectivity index (χ2v) is 8.38. The molecule has 6 nitrogen and oxygen atoms in total. The lowest BCUT2D eigenvalue weighted by atomic mass is 10.1. The number of ketones is 1. The highest BCUT2D eigenvalue weighted by Gasteiger charge is 2.62. The first-order chi connectivity index (χ1) is 13.2. The van der Waals surface area contributed by atoms with Gasteiger partial charge in [-0.05, 0) is 37.2 Å². The summed E-state index contributed by atoms with van der Waals surface area (Å²) in [6, 6.07) is 0. The van der Waals surface area contributed by atoms with Gasteiger partial charge in [0.25, 0.3) is 0 Å². The van der Waals surface area contributed by atoms with Crippen LogP contribution in [0.2, 0.25) is 0 Å². The van der Waals surface area contributed by atoms with E-state index < -0.39 is 12.1 Å². The molecule has 2 aliphatic carbocycles. The summed E-state index contributed by atoms with van der Waals surface area (Å²) < 4.78 is 15.6. The van der Waals surface area contributed by atoms with E-state index in [2.05, 4.69) is 0 Å². The zero-order valence-electron chi connectivity index (χ0n) is 17.1. The summed E-state index contributed by atoms with van der Waals surface area (Å²) in [5, 5.41) is 0. The molecule has 28 heavy (non-hydrogen) atoms. The molecule has 1 saturated carbocycles. The Morgan fingerprint density at radius 2 is 2.00 bits per heavy atom. The Morgan fingerprint density at radius 3 is 2.61 bits per heavy atom. The van der Waals surface area contributed by atoms with Crippen molar-refractivity contribution in [2.24, 2.45) is 17.3 Å². The summed E-state index contributed by atoms with van der Waals surface area (Å²) in [5.41, 5.74) is 1.75. The Kier molecular flexibility index (Phi) is 5.62. The molecule has 6 heteroatoms. The Labute approximate surface area is 165 Å². The maximum atomic E-state index is 12.7. The van der Waals surface area contributed by atoms with Gasteiger partial charge in [0.1, 0.15) is 6.10 Å². The number of hydrogen-bond donors (Lipinski definition) is 0. The van der Waals surface area contributed by atoms with Crippen molar-refractivity contribution in [1.29, 1.82) is 0 Å². The van der Waals surface area contributed by atoms with Crippen LogP contribution >= 0.6 is 0 Å². The lowest BCUT2D eigenvalue weighted by molar-refractivity contribution is -0.150. The summed E-state index contributed by atoms with van der Waals surface area (Å²) in [5.74, 6) is -1.09. The molecule has 152 valence electrons. The predicted molar refractivity (Wildman–Crippen MR) is 102 cm³/mol. The SMILES string of the molecule is COC(=O)/C(C)=C\[C@@H]1[C@@H](C(=O)O[C@H]2CC(=O)C(C/C=C/[C@@H]3CO3)=C2C)C1(C)C. The highest BCUT2D eigenvalue weighted by Crippen LogP contribution is 2.60. The summed E-state index contributed by atoms with van der Waals surface area (Å²) in [4.78, 5) is 36.7. The van der Waals surface area contributed by atoms with Crippen molar-refractivity contribution in [2.45, 2.75) is 52.7 Å². The molecule has 3 aliphatic rings. The predicted octanol–water partition coefficient (Wildman–Crippen LogP) is 2.92. The van der Waals surface area contributed by atoms with Crippen molar-refractivity contribution in [2.75, 3.05) is 13.7 Å². The van der Waals surface area contributed by atoms with Crippen molar-refractivity contribution in [3.63, 3.8) is 0 Å². The number of ether oxygens (including phenoxy) is 3. The van der Waals surface area contributed by atoms with Gasteiger partial charge in [0.15, 0.2) is 5.78 Å². The summed E-state index contributed by atoms with van der Waals surface area (Å²) in [7, 11) is 1.33. The quantitative estimate of drug-likeness (QED) is 0.289. The van der Waals surface area contributed by atoms with Gasteiger partial charge >= 0.3 is 11.9 Å². The van der Waals surface area contributed by atoms with E-state index in [4.69, 9.17) is 14.2 Å². The molecule has 0 aromatic carbocycles. The van der Waals surface area contributed by atoms with Gasteiger partial charge in [-0.2, -0.15) is 0 Å². The third kappa shape index (κ3) is 4.12. The molecule has 0 amide bonds. The molecule has 3 rings (SSSR count). The largest absolute Gasteiger partial charge is 0.466 e. The zero-order chi connectivity index (χ0) is 20.6. The van der Waals surface area contributed by atoms with E-state index in [0.29, 0.717) is 12.0 Å². The number of methoxy groups -OCH3 is 1. The average molecular weight is 388 g/mol. The molecule has 0 N–H and O–H groups in total. The minimum absolute atomic E-state index is 0.0321. The normalized spacial score (nSPS) is 31.3. The van der Waals surface area contributed by atoms with E-state index in [0.717, 1.165) is 17.8 Å². The molecule has 2 fully saturated rings. The number of allylic oxidation sites excluding steroid dienone is 3. The van der Waals surface area contributed by atoms with Crippen LogP contribution in [0.3, 0.4) is 0 Å². The first-order valence-corrected chi connectivity index (χ1v) is 9.65. The molecule has 4 atom stereocenters. The molecule has 0 aromatic rings. The van der Waals surface area contributed by atoms with Crippen molar-refractivity contribution in [3.8, 4) is 0 Å². The Morgan fingerprint density at radius 1 is 1.32 bits per heavy atom. The Bertz CT molecular complexity index is 781. The van der Waals surface area contributed by atoms with E-state index in [-0.39, 0.29) is 41.5 Å². The first kappa shape index (κ1) is 20.5. The van der Waals surface area contributed by atoms with Gasteiger partial charge in [-0.3, -0.25) is 9.59 Å². The van der Waals surface area contributed by atoms with Crippen LogP contribution in [0.4, 0.5) is 0 Å². The fourth-order valence-corrected chi connectivity index (χ4v) is 3.92. The second-order valence-electron chi connectivity index (χ2n) is 8.38. The summed E-state index contributed by atoms with van der Waals surface area (Å²) in [6.45, 7) is 8.23. The highest BCUT2D eigenvalue weighted by atomic mass is 16.6. The fourth-order valence-electron chi connectivity index (χ4n) is 3.92. The molecule has 0 bridgehead atoms. The Balaban J connectivity index is 1.63. The highest BCUT2D eigenvalue weighted by molar-refractivity contribution is 6.00. The van der Waals surface area contributed by atoms with Crippen LogP contribution in [0.5, 0.6) is 0 Å². The number of esters is 2. The number of hydrogen-bond acceptors (Lipinski definition) is 6. The van der Waals surface area contributed by atoms with Crippen molar-refractivity contribution < 1.29 is 28.6 Å². The number of carbonyl (C=O) groups is 3. The minimum atomic E-state index is -0.497. The zero-order valence-corrected chi connectivity index (χ0v) is 17.1. The van der Waals surface area contributed by atoms with Gasteiger partial charge in [0.2, 0.25) is 0 Å². The van der Waals surface area contributed by atoms with Gasteiger partial charge in [-0.25, -0.2) is 4.79 Å². The van der Waals surface area contributed by atoms with Gasteiger partial charge in [0, 0.05) is 11.1 Å². The van der Waals surface area contributed by atoms with E-state index in [1.807, 2.05) is 32.9 Å². The van der Waals surface area contributed by atoms with Crippen molar-refractivity contribution in [1.82, 2.24) is 0 Å². The van der Waals surface area contributed by atoms with Crippen LogP contribution in [0.25, 0.3) is 0 Å². The third-order valence-corrected chi connectivity index (χ3v) is 6.06. The van der Waals surface area contributed by atoms with Gasteiger partial charge in [0.05, 0.1) is 32.2 Å². The molecule has 0 spiro atoms. The number of carbonyl (C=O) groups excluding carboxylic acids is 3. The monoisotopic (exact) mass is 388 g/mol. The van der Waals surface area contributed by atoms with E-state index in [1.165, 1.54) is 7.11 Å². The standard InChI is InChI=1S/C22H28O6/c1-12(20(24)26-5)9-16-19(22(16,3)4)21(25)28-18-10-17(23)15(13(18)2)8-6-7-14-11-27-14/h6-7,9,14,16,18-19H,8,10-11H2,1-5H3/b7-6+,12-9-/t14-,16-,18+,19+/m1/s1. The fraction of sp³-hybridized carbons (Fsp3) is 0.591. The lowest BCUT2D eigenvalue weighted by Crippen LogP contribution is -2.20. The van der Waals surface area contributed by atoms with Crippen LogP contribution in [0.1, 0.15) is 40.5 Å². The average Bonchev–Trinajstić information content (AvgIpc) is 3.52. The third-order valence-electron chi connectivity index (χ3n) is 6.06. The molecular formula is C22H28O6. The molecule has 1 saturated heterocycles. The maximum absolute atomic E-state index is 12.7. The van der Waals surface area contributed by atoms with Gasteiger partial charge < -0.3 is 14.2 Å². The number of rotatable bonds is 7. The van der Waals surface area contributed by atoms with E-state index in [9.17, 15) is 14.4 Å². The van der Waals surface area contributed by atoms with Crippen LogP contribution in [-0.4, -0.2) is 43.6 Å². The molecule has 1 aliphatic heterocycles. The first-order valence-electron chi connectivity index (χ1n) is 9.65. The molecule has 0 aromatic heterocycles. The number of Topliss-reactive ketones (excluding diaryl/α,β-unsaturated/α-hetero) is 1. The van der Waals surface area contributed by atoms with Crippen LogP contribution in [0, 0.1) is 17.3 Å². The molecular weight excluding hydrogens is 360 g/mol. The van der Waals surface area contributed by atoms with Crippen LogP contribution < -0.4 is 0 Å². The molecule has 0 radical (unpaired) electrons. The maximum Gasteiger partial charge on any atom is 0.333 e. The smallest absolute Gasteiger partial charge is 0.333 e. The van der Waals surface area contributed by atoms with E-state index in [1.54, 1.807) is 13.0 Å². The van der Waals surface area contributed by atoms with Crippen molar-refractivity contribution >= 4 is 17.7 Å². The van der Waals surface area contributed by atoms with Crippen LogP contribution in [-0.2, 0) is 28.6 Å². The van der Waals surface area contributed by atoms with Gasteiger partial charge in [-0.1, -0.05) is 32.1 Å². The Hall–Kier alpha value is -2.21. The minimum Gasteiger partial charge on any atom is -0.466 e. The number of epoxide rings is 1. The summed E-state index contributed by atoms with van der Waals surface area (Å²) >= 11 is 0. The lowest BCUT2D eigenvalue weighted by Gasteiger charge is -2.13. The van der Waals surface area contributed by atoms with Gasteiger partial charge in [-0.15, -0.1) is 0 Å². The molecule has 0 unspecified atom stereocenters. The van der Waals surface area contributed by atoms with Crippen LogP contribution in [0.15, 0.2) is 34.9 Å². The van der Waals surface area contributed by atoms with Crippen molar-refractivity contribution in [3.05, 3.63) is 34.9 Å².